The van der Waals surface area contributed by atoms with Gasteiger partial charge in [-0.15, -0.1) is 0 Å². The molecule has 0 fully saturated rings. The van der Waals surface area contributed by atoms with Gasteiger partial charge in [-0.3, -0.25) is 28.8 Å². The normalized spacial score (nSPS) is 11.5. The van der Waals surface area contributed by atoms with E-state index in [1.54, 1.807) is 72.8 Å². The molecule has 0 spiro atoms. The first-order valence-electron chi connectivity index (χ1n) is 35.8. The van der Waals surface area contributed by atoms with Gasteiger partial charge in [-0.1, -0.05) is 156 Å². The zero-order chi connectivity index (χ0) is 74.1. The smallest absolute Gasteiger partial charge is 0.310 e. The highest BCUT2D eigenvalue weighted by molar-refractivity contribution is 5.76. The van der Waals surface area contributed by atoms with Gasteiger partial charge < -0.3 is 63.8 Å². The van der Waals surface area contributed by atoms with E-state index in [1.165, 1.54) is 0 Å². The third-order valence-corrected chi connectivity index (χ3v) is 18.7. The number of phenols is 6. The van der Waals surface area contributed by atoms with E-state index in [4.69, 9.17) is 33.2 Å². The lowest BCUT2D eigenvalue weighted by Crippen LogP contribution is -2.47. The zero-order valence-electron chi connectivity index (χ0n) is 61.3. The Hall–Kier alpha value is -9.10. The summed E-state index contributed by atoms with van der Waals surface area (Å²) < 4.78 is 43.8. The van der Waals surface area contributed by atoms with Crippen LogP contribution in [0, 0.1) is 10.8 Å². The minimum absolute atomic E-state index is 0.131. The molecule has 0 bridgehead atoms. The minimum atomic E-state index is -1.78. The number of esters is 6. The van der Waals surface area contributed by atoms with Gasteiger partial charge in [0, 0.05) is 0 Å². The maximum Gasteiger partial charge on any atom is 0.310 e. The summed E-state index contributed by atoms with van der Waals surface area (Å²) in [4.78, 5) is 86.2. The van der Waals surface area contributed by atoms with Crippen LogP contribution in [0.4, 0.5) is 0 Å². The summed E-state index contributed by atoms with van der Waals surface area (Å²) in [5.74, 6) is -3.66. The second-order valence-electron chi connectivity index (χ2n) is 26.3. The molecular formula is C82H106O19. The largest absolute Gasteiger partial charge is 0.507 e. The van der Waals surface area contributed by atoms with Crippen LogP contribution in [0.25, 0.3) is 0 Å². The lowest BCUT2D eigenvalue weighted by Gasteiger charge is -2.35. The molecule has 19 nitrogen and oxygen atoms in total. The van der Waals surface area contributed by atoms with E-state index >= 15 is 0 Å². The van der Waals surface area contributed by atoms with E-state index in [0.717, 1.165) is 0 Å². The molecule has 6 aromatic rings. The lowest BCUT2D eigenvalue weighted by molar-refractivity contribution is -0.174. The molecule has 6 N–H and O–H groups in total. The highest BCUT2D eigenvalue weighted by atomic mass is 16.6. The second-order valence-corrected chi connectivity index (χ2v) is 26.3. The molecule has 0 aromatic heterocycles. The van der Waals surface area contributed by atoms with E-state index in [0.29, 0.717) is 177 Å². The van der Waals surface area contributed by atoms with Crippen LogP contribution in [0.2, 0.25) is 0 Å². The number of hydrogen-bond donors (Lipinski definition) is 6. The van der Waals surface area contributed by atoms with Crippen molar-refractivity contribution in [1.29, 1.82) is 0 Å². The van der Waals surface area contributed by atoms with Gasteiger partial charge in [-0.2, -0.15) is 0 Å². The zero-order valence-corrected chi connectivity index (χ0v) is 61.3. The summed E-state index contributed by atoms with van der Waals surface area (Å²) >= 11 is 0. The van der Waals surface area contributed by atoms with Crippen LogP contribution in [0.1, 0.15) is 183 Å². The molecular weight excluding hydrogens is 1290 g/mol. The van der Waals surface area contributed by atoms with Gasteiger partial charge in [0.1, 0.15) is 74.1 Å². The summed E-state index contributed by atoms with van der Waals surface area (Å²) in [6.07, 6.45) is 4.07. The third kappa shape index (κ3) is 22.4. The maximum absolute atomic E-state index is 14.4. The van der Waals surface area contributed by atoms with E-state index in [9.17, 15) is 59.4 Å². The molecule has 101 heavy (non-hydrogen) atoms. The molecule has 0 unspecified atom stereocenters. The Morgan fingerprint density at radius 1 is 0.228 bits per heavy atom. The third-order valence-electron chi connectivity index (χ3n) is 18.7. The van der Waals surface area contributed by atoms with Gasteiger partial charge in [-0.25, -0.2) is 0 Å². The summed E-state index contributed by atoms with van der Waals surface area (Å²) in [5.41, 5.74) is 7.25. The predicted octanol–water partition coefficient (Wildman–Crippen LogP) is 12.7. The molecule has 0 heterocycles. The van der Waals surface area contributed by atoms with Crippen molar-refractivity contribution in [1.82, 2.24) is 0 Å². The number of carbonyl (C=O) groups is 6. The number of ether oxygens (including phenoxy) is 7. The Balaban J connectivity index is 1.48. The molecule has 0 aliphatic rings. The molecule has 6 rings (SSSR count). The fourth-order valence-electron chi connectivity index (χ4n) is 12.5. The van der Waals surface area contributed by atoms with Gasteiger partial charge in [-0.05, 0) is 177 Å². The van der Waals surface area contributed by atoms with Crippen LogP contribution < -0.4 is 0 Å². The van der Waals surface area contributed by atoms with Crippen molar-refractivity contribution >= 4 is 35.8 Å². The predicted molar refractivity (Wildman–Crippen MR) is 385 cm³/mol. The highest BCUT2D eigenvalue weighted by Gasteiger charge is 2.42. The first-order valence-corrected chi connectivity index (χ1v) is 35.8. The van der Waals surface area contributed by atoms with E-state index in [-0.39, 0.29) is 73.0 Å². The molecule has 0 saturated heterocycles. The fourth-order valence-corrected chi connectivity index (χ4v) is 12.5. The van der Waals surface area contributed by atoms with Gasteiger partial charge in [0.05, 0.1) is 62.6 Å². The molecule has 548 valence electrons. The van der Waals surface area contributed by atoms with Crippen LogP contribution in [0.5, 0.6) is 34.5 Å². The van der Waals surface area contributed by atoms with Crippen molar-refractivity contribution in [2.75, 3.05) is 52.9 Å². The average molecular weight is 1400 g/mol. The number of carbonyl (C=O) groups excluding carboxylic acids is 6. The van der Waals surface area contributed by atoms with Crippen LogP contribution >= 0.6 is 0 Å². The summed E-state index contributed by atoms with van der Waals surface area (Å²) in [5, 5.41) is 65.9. The van der Waals surface area contributed by atoms with E-state index in [2.05, 4.69) is 0 Å². The van der Waals surface area contributed by atoms with Crippen molar-refractivity contribution in [3.63, 3.8) is 0 Å². The Morgan fingerprint density at radius 3 is 0.455 bits per heavy atom. The number of phenolic OH excluding ortho intramolecular Hbond substituents is 6. The van der Waals surface area contributed by atoms with Crippen molar-refractivity contribution in [2.45, 2.75) is 199 Å². The van der Waals surface area contributed by atoms with Gasteiger partial charge >= 0.3 is 35.8 Å². The number of benzene rings is 6. The first-order chi connectivity index (χ1) is 48.3. The number of aromatic hydroxyl groups is 6. The molecule has 0 atom stereocenters. The molecule has 19 heteroatoms. The lowest BCUT2D eigenvalue weighted by atomic mass is 9.90. The highest BCUT2D eigenvalue weighted by Crippen LogP contribution is 2.34. The van der Waals surface area contributed by atoms with Crippen LogP contribution in [0.3, 0.4) is 0 Å². The molecule has 0 saturated carbocycles. The fraction of sp³-hybridized carbons (Fsp3) is 0.488. The Kier molecular flexibility index (Phi) is 30.9. The number of hydrogen-bond acceptors (Lipinski definition) is 19. The minimum Gasteiger partial charge on any atom is -0.507 e. The van der Waals surface area contributed by atoms with Crippen LogP contribution in [0.15, 0.2) is 72.8 Å². The second kappa shape index (κ2) is 38.6. The van der Waals surface area contributed by atoms with Gasteiger partial charge in [0.2, 0.25) is 0 Å². The summed E-state index contributed by atoms with van der Waals surface area (Å²) in [7, 11) is 0. The summed E-state index contributed by atoms with van der Waals surface area (Å²) in [6.45, 7) is 17.8. The maximum atomic E-state index is 14.4. The standard InChI is InChI=1S/C82H106O19/c1-13-57-25-51(26-58(14-2)75(57)89)37-69(83)96-45-81(46-97-70(84)38-52-27-59(15-3)76(90)60(16-4)28-52,47-98-71(85)39-53-29-61(17-5)77(91)62(18-6)30-53)43-95-44-82(48-99-72(86)40-54-31-63(19-7)78(92)64(20-8)32-54,49-100-73(87)41-55-33-65(21-9)79(93)66(22-10)34-55)50-101-74(88)42-56-35-67(23-11)80(94)68(24-12)36-56/h25-36,89-94H,13-24,37-50H2,1-12H3. The van der Waals surface area contributed by atoms with Gasteiger partial charge in [0.25, 0.3) is 0 Å². The Labute approximate surface area is 595 Å². The van der Waals surface area contributed by atoms with Crippen molar-refractivity contribution < 1.29 is 92.6 Å². The molecule has 0 aliphatic heterocycles. The van der Waals surface area contributed by atoms with Crippen molar-refractivity contribution in [3.05, 3.63) is 173 Å². The van der Waals surface area contributed by atoms with Gasteiger partial charge in [0.15, 0.2) is 0 Å². The average Bonchev–Trinajstić information content (AvgIpc) is 0.786. The Bertz CT molecular complexity index is 3080. The monoisotopic (exact) mass is 1390 g/mol. The summed E-state index contributed by atoms with van der Waals surface area (Å²) in [6, 6.07) is 20.6. The van der Waals surface area contributed by atoms with Crippen LogP contribution in [-0.4, -0.2) is 119 Å². The topological polar surface area (TPSA) is 288 Å². The van der Waals surface area contributed by atoms with Crippen LogP contribution in [-0.2, 0) is 178 Å². The van der Waals surface area contributed by atoms with Crippen molar-refractivity contribution in [3.8, 4) is 34.5 Å². The molecule has 6 aromatic carbocycles. The Morgan fingerprint density at radius 2 is 0.347 bits per heavy atom. The molecule has 0 radical (unpaired) electrons. The van der Waals surface area contributed by atoms with E-state index in [1.807, 2.05) is 83.1 Å². The molecule has 0 aliphatic carbocycles. The number of aryl methyl sites for hydroxylation is 12. The molecule has 0 amide bonds. The van der Waals surface area contributed by atoms with Crippen molar-refractivity contribution in [2.24, 2.45) is 10.8 Å². The quantitative estimate of drug-likeness (QED) is 0.0154. The first kappa shape index (κ1) is 80.9. The van der Waals surface area contributed by atoms with E-state index < -0.39 is 99.5 Å². The SMILES string of the molecule is CCc1cc(CC(=O)OCC(COCC(COC(=O)Cc2cc(CC)c(O)c(CC)c2)(COC(=O)Cc2cc(CC)c(O)c(CC)c2)COC(=O)Cc2cc(CC)c(O)c(CC)c2)(COC(=O)Cc2cc(CC)c(O)c(CC)c2)COC(=O)Cc2cc(CC)c(O)c(CC)c2)cc(CC)c1O. The number of rotatable bonds is 40.